The molecule has 1 fully saturated rings. The summed E-state index contributed by atoms with van der Waals surface area (Å²) in [5.41, 5.74) is 2.15. The minimum Gasteiger partial charge on any atom is -0.497 e. The van der Waals surface area contributed by atoms with Crippen molar-refractivity contribution in [2.45, 2.75) is 19.4 Å². The van der Waals surface area contributed by atoms with E-state index in [0.29, 0.717) is 36.7 Å². The molecule has 0 atom stereocenters. The van der Waals surface area contributed by atoms with Crippen molar-refractivity contribution < 1.29 is 19.0 Å². The van der Waals surface area contributed by atoms with Crippen molar-refractivity contribution in [3.63, 3.8) is 0 Å². The maximum atomic E-state index is 12.9. The fourth-order valence-electron chi connectivity index (χ4n) is 4.27. The van der Waals surface area contributed by atoms with Gasteiger partial charge in [0.25, 0.3) is 11.5 Å². The zero-order valence-corrected chi connectivity index (χ0v) is 18.4. The summed E-state index contributed by atoms with van der Waals surface area (Å²) in [5, 5.41) is 4.58. The van der Waals surface area contributed by atoms with E-state index < -0.39 is 0 Å². The molecule has 1 amide bonds. The number of aromatic nitrogens is 2. The largest absolute Gasteiger partial charge is 0.497 e. The number of benzene rings is 2. The Bertz CT molecular complexity index is 1210. The average molecular weight is 447 g/mol. The first-order valence-corrected chi connectivity index (χ1v) is 11.0. The lowest BCUT2D eigenvalue weighted by Crippen LogP contribution is -2.40. The van der Waals surface area contributed by atoms with Crippen LogP contribution in [0.3, 0.4) is 0 Å². The maximum absolute atomic E-state index is 12.9. The van der Waals surface area contributed by atoms with E-state index in [1.807, 2.05) is 29.2 Å². The van der Waals surface area contributed by atoms with E-state index in [-0.39, 0.29) is 24.2 Å². The van der Waals surface area contributed by atoms with E-state index in [1.54, 1.807) is 42.1 Å². The van der Waals surface area contributed by atoms with E-state index in [4.69, 9.17) is 14.2 Å². The van der Waals surface area contributed by atoms with Crippen LogP contribution >= 0.6 is 0 Å². The number of piperidine rings is 1. The molecule has 2 aliphatic rings. The molecule has 3 aromatic rings. The Hall–Kier alpha value is -3.81. The number of fused-ring (bicyclic) bond motifs is 1. The molecule has 0 saturated carbocycles. The van der Waals surface area contributed by atoms with Crippen LogP contribution in [-0.2, 0) is 6.54 Å². The second-order valence-corrected chi connectivity index (χ2v) is 8.27. The SMILES string of the molecule is COc1ccc(-c2ccc(=O)n(CC3CCN(C(=O)c4ccc5c(c4)OCO5)CC3)n2)cc1. The molecular weight excluding hydrogens is 422 g/mol. The summed E-state index contributed by atoms with van der Waals surface area (Å²) in [5.74, 6) is 2.32. The number of hydrogen-bond donors (Lipinski definition) is 0. The first-order chi connectivity index (χ1) is 16.1. The third kappa shape index (κ3) is 4.41. The number of likely N-dealkylation sites (tertiary alicyclic amines) is 1. The van der Waals surface area contributed by atoms with Gasteiger partial charge in [0.1, 0.15) is 5.75 Å². The summed E-state index contributed by atoms with van der Waals surface area (Å²) in [7, 11) is 1.63. The molecule has 0 bridgehead atoms. The number of ether oxygens (including phenoxy) is 3. The molecule has 3 heterocycles. The predicted octanol–water partition coefficient (Wildman–Crippen LogP) is 3.20. The fourth-order valence-corrected chi connectivity index (χ4v) is 4.27. The second-order valence-electron chi connectivity index (χ2n) is 8.27. The summed E-state index contributed by atoms with van der Waals surface area (Å²) in [6.45, 7) is 2.01. The van der Waals surface area contributed by atoms with E-state index in [9.17, 15) is 9.59 Å². The van der Waals surface area contributed by atoms with Crippen molar-refractivity contribution in [1.82, 2.24) is 14.7 Å². The van der Waals surface area contributed by atoms with Gasteiger partial charge in [-0.25, -0.2) is 4.68 Å². The van der Waals surface area contributed by atoms with E-state index in [2.05, 4.69) is 5.10 Å². The van der Waals surface area contributed by atoms with Crippen molar-refractivity contribution >= 4 is 5.91 Å². The topological polar surface area (TPSA) is 82.9 Å². The smallest absolute Gasteiger partial charge is 0.266 e. The van der Waals surface area contributed by atoms with Crippen molar-refractivity contribution in [2.24, 2.45) is 5.92 Å². The quantitative estimate of drug-likeness (QED) is 0.597. The molecule has 2 aliphatic heterocycles. The van der Waals surface area contributed by atoms with Crippen LogP contribution in [-0.4, -0.2) is 47.6 Å². The minimum atomic E-state index is -0.119. The number of carbonyl (C=O) groups is 1. The molecule has 1 aromatic heterocycles. The van der Waals surface area contributed by atoms with Crippen LogP contribution in [0.4, 0.5) is 0 Å². The fraction of sp³-hybridized carbons (Fsp3) is 0.320. The third-order valence-electron chi connectivity index (χ3n) is 6.20. The second kappa shape index (κ2) is 8.97. The third-order valence-corrected chi connectivity index (χ3v) is 6.20. The highest BCUT2D eigenvalue weighted by Gasteiger charge is 2.26. The minimum absolute atomic E-state index is 0.0106. The summed E-state index contributed by atoms with van der Waals surface area (Å²) in [6.07, 6.45) is 1.63. The first kappa shape index (κ1) is 21.1. The normalized spacial score (nSPS) is 15.5. The molecule has 5 rings (SSSR count). The molecule has 2 aromatic carbocycles. The van der Waals surface area contributed by atoms with Crippen LogP contribution in [0, 0.1) is 5.92 Å². The summed E-state index contributed by atoms with van der Waals surface area (Å²) < 4.78 is 17.5. The van der Waals surface area contributed by atoms with E-state index in [0.717, 1.165) is 29.8 Å². The van der Waals surface area contributed by atoms with Gasteiger partial charge >= 0.3 is 0 Å². The Morgan fingerprint density at radius 2 is 1.79 bits per heavy atom. The maximum Gasteiger partial charge on any atom is 0.266 e. The average Bonchev–Trinajstić information content (AvgIpc) is 3.33. The van der Waals surface area contributed by atoms with E-state index in [1.165, 1.54) is 0 Å². The molecule has 1 saturated heterocycles. The Balaban J connectivity index is 1.23. The number of nitrogens with zero attached hydrogens (tertiary/aromatic N) is 3. The van der Waals surface area contributed by atoms with Crippen molar-refractivity contribution in [2.75, 3.05) is 27.0 Å². The lowest BCUT2D eigenvalue weighted by molar-refractivity contribution is 0.0680. The van der Waals surface area contributed by atoms with Crippen LogP contribution in [0.15, 0.2) is 59.4 Å². The van der Waals surface area contributed by atoms with Gasteiger partial charge in [-0.05, 0) is 67.3 Å². The van der Waals surface area contributed by atoms with Gasteiger partial charge < -0.3 is 19.1 Å². The van der Waals surface area contributed by atoms with Crippen LogP contribution in [0.1, 0.15) is 23.2 Å². The van der Waals surface area contributed by atoms with Gasteiger partial charge in [-0.1, -0.05) is 0 Å². The van der Waals surface area contributed by atoms with Crippen LogP contribution in [0.2, 0.25) is 0 Å². The Kier molecular flexibility index (Phi) is 5.73. The molecule has 170 valence electrons. The molecule has 33 heavy (non-hydrogen) atoms. The van der Waals surface area contributed by atoms with Crippen molar-refractivity contribution in [1.29, 1.82) is 0 Å². The molecule has 0 unspecified atom stereocenters. The summed E-state index contributed by atoms with van der Waals surface area (Å²) in [6, 6.07) is 16.2. The van der Waals surface area contributed by atoms with Gasteiger partial charge in [0.2, 0.25) is 6.79 Å². The molecule has 0 spiro atoms. The summed E-state index contributed by atoms with van der Waals surface area (Å²) >= 11 is 0. The van der Waals surface area contributed by atoms with Gasteiger partial charge in [-0.3, -0.25) is 9.59 Å². The number of rotatable bonds is 5. The molecule has 8 heteroatoms. The molecule has 8 nitrogen and oxygen atoms in total. The number of hydrogen-bond acceptors (Lipinski definition) is 6. The zero-order chi connectivity index (χ0) is 22.8. The Labute approximate surface area is 191 Å². The Morgan fingerprint density at radius 1 is 1.03 bits per heavy atom. The first-order valence-electron chi connectivity index (χ1n) is 11.0. The Morgan fingerprint density at radius 3 is 2.55 bits per heavy atom. The zero-order valence-electron chi connectivity index (χ0n) is 18.4. The van der Waals surface area contributed by atoms with Crippen molar-refractivity contribution in [3.05, 3.63) is 70.5 Å². The lowest BCUT2D eigenvalue weighted by Gasteiger charge is -2.32. The molecule has 0 N–H and O–H groups in total. The van der Waals surface area contributed by atoms with Gasteiger partial charge in [-0.2, -0.15) is 5.10 Å². The van der Waals surface area contributed by atoms with Gasteiger partial charge in [0.15, 0.2) is 11.5 Å². The molecule has 0 aliphatic carbocycles. The predicted molar refractivity (Wildman–Crippen MR) is 122 cm³/mol. The van der Waals surface area contributed by atoms with Crippen LogP contribution in [0.25, 0.3) is 11.3 Å². The highest BCUT2D eigenvalue weighted by atomic mass is 16.7. The number of amides is 1. The molecule has 0 radical (unpaired) electrons. The lowest BCUT2D eigenvalue weighted by atomic mass is 9.96. The highest BCUT2D eigenvalue weighted by molar-refractivity contribution is 5.95. The highest BCUT2D eigenvalue weighted by Crippen LogP contribution is 2.33. The standard InChI is InChI=1S/C25H25N3O5/c1-31-20-5-2-18(3-6-20)21-7-9-24(29)28(26-21)15-17-10-12-27(13-11-17)25(30)19-4-8-22-23(14-19)33-16-32-22/h2-9,14,17H,10-13,15-16H2,1H3. The van der Waals surface area contributed by atoms with E-state index >= 15 is 0 Å². The van der Waals surface area contributed by atoms with Crippen LogP contribution < -0.4 is 19.8 Å². The van der Waals surface area contributed by atoms with Gasteiger partial charge in [0.05, 0.1) is 12.8 Å². The van der Waals surface area contributed by atoms with Crippen molar-refractivity contribution in [3.8, 4) is 28.5 Å². The summed E-state index contributed by atoms with van der Waals surface area (Å²) in [4.78, 5) is 27.2. The van der Waals surface area contributed by atoms with Gasteiger partial charge in [0, 0.05) is 36.8 Å². The number of carbonyl (C=O) groups excluding carboxylic acids is 1. The number of methoxy groups -OCH3 is 1. The molecular formula is C25H25N3O5. The van der Waals surface area contributed by atoms with Crippen LogP contribution in [0.5, 0.6) is 17.2 Å². The van der Waals surface area contributed by atoms with Gasteiger partial charge in [-0.15, -0.1) is 0 Å². The monoisotopic (exact) mass is 447 g/mol.